The van der Waals surface area contributed by atoms with Crippen LogP contribution in [0.5, 0.6) is 0 Å². The van der Waals surface area contributed by atoms with Crippen molar-refractivity contribution >= 4 is 11.7 Å². The summed E-state index contributed by atoms with van der Waals surface area (Å²) in [5.74, 6) is -0.944. The van der Waals surface area contributed by atoms with Crippen molar-refractivity contribution in [2.45, 2.75) is 51.1 Å². The maximum absolute atomic E-state index is 11.9. The van der Waals surface area contributed by atoms with Crippen molar-refractivity contribution in [2.24, 2.45) is 11.1 Å². The fourth-order valence-corrected chi connectivity index (χ4v) is 4.64. The number of aliphatic carboxylic acids is 1. The van der Waals surface area contributed by atoms with E-state index in [2.05, 4.69) is 46.7 Å². The molecule has 2 aromatic carbocycles. The molecular weight excluding hydrogens is 414 g/mol. The molecule has 2 atom stereocenters. The summed E-state index contributed by atoms with van der Waals surface area (Å²) in [6.45, 7) is 4.00. The number of nitrogens with zero attached hydrogens (tertiary/aromatic N) is 2. The van der Waals surface area contributed by atoms with Crippen LogP contribution < -0.4 is 5.32 Å². The third-order valence-electron chi connectivity index (χ3n) is 6.63. The molecule has 0 bridgehead atoms. The Balaban J connectivity index is 1.57. The number of carbonyl (C=O) groups is 1. The summed E-state index contributed by atoms with van der Waals surface area (Å²) in [4.78, 5) is 27.1. The molecule has 3 aromatic rings. The van der Waals surface area contributed by atoms with Gasteiger partial charge in [0.2, 0.25) is 0 Å². The van der Waals surface area contributed by atoms with Crippen LogP contribution >= 0.6 is 0 Å². The van der Waals surface area contributed by atoms with Crippen molar-refractivity contribution in [3.63, 3.8) is 0 Å². The molecule has 0 aliphatic heterocycles. The Hall–Kier alpha value is -3.54. The van der Waals surface area contributed by atoms with E-state index < -0.39 is 12.0 Å². The molecule has 1 saturated carbocycles. The zero-order chi connectivity index (χ0) is 23.4. The van der Waals surface area contributed by atoms with Crippen molar-refractivity contribution in [2.75, 3.05) is 5.32 Å². The Morgan fingerprint density at radius 2 is 1.82 bits per heavy atom. The SMILES string of the molecule is Cc1cc(C(CC(c2ccc(NC3CC(C(=O)O)C3)cc2)c2ccccc2C)N=O)ccn1. The number of nitroso groups, excluding NO2 is 1. The number of hydrogen-bond acceptors (Lipinski definition) is 5. The lowest BCUT2D eigenvalue weighted by Gasteiger charge is -2.33. The summed E-state index contributed by atoms with van der Waals surface area (Å²) in [5.41, 5.74) is 6.20. The first kappa shape index (κ1) is 22.6. The van der Waals surface area contributed by atoms with Gasteiger partial charge in [0.25, 0.3) is 0 Å². The number of carboxylic acids is 1. The van der Waals surface area contributed by atoms with Gasteiger partial charge in [0.15, 0.2) is 0 Å². The number of aromatic nitrogens is 1. The molecule has 0 saturated heterocycles. The molecule has 1 aliphatic rings. The zero-order valence-corrected chi connectivity index (χ0v) is 18.9. The molecule has 2 unspecified atom stereocenters. The molecule has 6 heteroatoms. The molecule has 0 amide bonds. The summed E-state index contributed by atoms with van der Waals surface area (Å²) < 4.78 is 0. The predicted molar refractivity (Wildman–Crippen MR) is 129 cm³/mol. The van der Waals surface area contributed by atoms with Crippen LogP contribution in [0.2, 0.25) is 0 Å². The lowest BCUT2D eigenvalue weighted by Crippen LogP contribution is -2.39. The second-order valence-electron chi connectivity index (χ2n) is 8.97. The van der Waals surface area contributed by atoms with Gasteiger partial charge in [0, 0.05) is 29.5 Å². The first-order valence-corrected chi connectivity index (χ1v) is 11.3. The van der Waals surface area contributed by atoms with Crippen LogP contribution in [-0.2, 0) is 4.79 Å². The molecule has 0 radical (unpaired) electrons. The van der Waals surface area contributed by atoms with E-state index in [0.29, 0.717) is 19.3 Å². The standard InChI is InChI=1S/C27H29N3O3/c1-17-5-3-4-6-24(17)25(16-26(30-33)20-11-12-28-18(2)13-20)19-7-9-22(10-8-19)29-23-14-21(15-23)27(31)32/h3-13,21,23,25-26,29H,14-16H2,1-2H3,(H,31,32). The Morgan fingerprint density at radius 1 is 1.09 bits per heavy atom. The molecule has 2 N–H and O–H groups in total. The average Bonchev–Trinajstić information content (AvgIpc) is 2.78. The highest BCUT2D eigenvalue weighted by Gasteiger charge is 2.34. The minimum absolute atomic E-state index is 0.0107. The van der Waals surface area contributed by atoms with Gasteiger partial charge >= 0.3 is 5.97 Å². The van der Waals surface area contributed by atoms with Gasteiger partial charge < -0.3 is 10.4 Å². The maximum atomic E-state index is 11.9. The predicted octanol–water partition coefficient (Wildman–Crippen LogP) is 6.00. The van der Waals surface area contributed by atoms with Gasteiger partial charge in [-0.25, -0.2) is 0 Å². The molecule has 1 aromatic heterocycles. The second-order valence-corrected chi connectivity index (χ2v) is 8.97. The molecule has 6 nitrogen and oxygen atoms in total. The third-order valence-corrected chi connectivity index (χ3v) is 6.63. The fourth-order valence-electron chi connectivity index (χ4n) is 4.64. The normalized spacial score (nSPS) is 19.2. The van der Waals surface area contributed by atoms with E-state index in [1.54, 1.807) is 6.20 Å². The number of aryl methyl sites for hydroxylation is 2. The monoisotopic (exact) mass is 443 g/mol. The molecule has 170 valence electrons. The van der Waals surface area contributed by atoms with Crippen molar-refractivity contribution in [3.8, 4) is 0 Å². The summed E-state index contributed by atoms with van der Waals surface area (Å²) in [5, 5.41) is 16.0. The smallest absolute Gasteiger partial charge is 0.306 e. The van der Waals surface area contributed by atoms with E-state index in [1.165, 1.54) is 11.1 Å². The number of anilines is 1. The van der Waals surface area contributed by atoms with Crippen LogP contribution in [0, 0.1) is 24.7 Å². The van der Waals surface area contributed by atoms with E-state index in [0.717, 1.165) is 22.5 Å². The van der Waals surface area contributed by atoms with Crippen molar-refractivity contribution in [3.05, 3.63) is 99.7 Å². The van der Waals surface area contributed by atoms with E-state index in [1.807, 2.05) is 43.3 Å². The quantitative estimate of drug-likeness (QED) is 0.396. The van der Waals surface area contributed by atoms with Crippen molar-refractivity contribution in [1.82, 2.24) is 4.98 Å². The minimum atomic E-state index is -0.716. The molecular formula is C27H29N3O3. The minimum Gasteiger partial charge on any atom is -0.481 e. The molecule has 1 aliphatic carbocycles. The number of rotatable bonds is 9. The number of benzene rings is 2. The lowest BCUT2D eigenvalue weighted by molar-refractivity contribution is -0.144. The van der Waals surface area contributed by atoms with Crippen LogP contribution in [0.1, 0.15) is 59.2 Å². The molecule has 33 heavy (non-hydrogen) atoms. The van der Waals surface area contributed by atoms with Crippen LogP contribution in [0.4, 0.5) is 5.69 Å². The van der Waals surface area contributed by atoms with Crippen LogP contribution in [-0.4, -0.2) is 22.1 Å². The van der Waals surface area contributed by atoms with E-state index in [-0.39, 0.29) is 17.9 Å². The first-order chi connectivity index (χ1) is 15.9. The van der Waals surface area contributed by atoms with Crippen molar-refractivity contribution < 1.29 is 9.90 Å². The van der Waals surface area contributed by atoms with Gasteiger partial charge in [0.1, 0.15) is 6.04 Å². The van der Waals surface area contributed by atoms with E-state index in [4.69, 9.17) is 5.11 Å². The van der Waals surface area contributed by atoms with Gasteiger partial charge in [-0.1, -0.05) is 41.6 Å². The summed E-state index contributed by atoms with van der Waals surface area (Å²) in [7, 11) is 0. The van der Waals surface area contributed by atoms with E-state index in [9.17, 15) is 9.70 Å². The van der Waals surface area contributed by atoms with Gasteiger partial charge in [-0.15, -0.1) is 0 Å². The van der Waals surface area contributed by atoms with Crippen LogP contribution in [0.3, 0.4) is 0 Å². The molecule has 0 spiro atoms. The Bertz CT molecular complexity index is 1120. The van der Waals surface area contributed by atoms with Gasteiger partial charge in [-0.3, -0.25) is 9.78 Å². The first-order valence-electron chi connectivity index (χ1n) is 11.3. The average molecular weight is 444 g/mol. The number of nitrogens with one attached hydrogen (secondary N) is 1. The number of pyridine rings is 1. The summed E-state index contributed by atoms with van der Waals surface area (Å²) in [6.07, 6.45) is 3.59. The third kappa shape index (κ3) is 5.28. The lowest BCUT2D eigenvalue weighted by atomic mass is 9.80. The second kappa shape index (κ2) is 9.94. The van der Waals surface area contributed by atoms with Gasteiger partial charge in [-0.2, -0.15) is 4.91 Å². The van der Waals surface area contributed by atoms with Crippen LogP contribution in [0.25, 0.3) is 0 Å². The Kier molecular flexibility index (Phi) is 6.82. The maximum Gasteiger partial charge on any atom is 0.306 e. The van der Waals surface area contributed by atoms with E-state index >= 15 is 0 Å². The fraction of sp³-hybridized carbons (Fsp3) is 0.333. The topological polar surface area (TPSA) is 91.6 Å². The highest BCUT2D eigenvalue weighted by Crippen LogP contribution is 2.38. The summed E-state index contributed by atoms with van der Waals surface area (Å²) in [6, 6.07) is 20.0. The Morgan fingerprint density at radius 3 is 2.45 bits per heavy atom. The number of carboxylic acid groups (broad SMARTS) is 1. The van der Waals surface area contributed by atoms with Gasteiger partial charge in [0.05, 0.1) is 5.92 Å². The Labute approximate surface area is 194 Å². The number of hydrogen-bond donors (Lipinski definition) is 2. The highest BCUT2D eigenvalue weighted by molar-refractivity contribution is 5.71. The molecule has 1 fully saturated rings. The summed E-state index contributed by atoms with van der Waals surface area (Å²) >= 11 is 0. The molecule has 4 rings (SSSR count). The zero-order valence-electron chi connectivity index (χ0n) is 18.9. The molecule has 1 heterocycles. The van der Waals surface area contributed by atoms with Gasteiger partial charge in [-0.05, 0) is 79.6 Å². The largest absolute Gasteiger partial charge is 0.481 e. The van der Waals surface area contributed by atoms with Crippen LogP contribution in [0.15, 0.2) is 72.0 Å². The van der Waals surface area contributed by atoms with Crippen molar-refractivity contribution in [1.29, 1.82) is 0 Å². The highest BCUT2D eigenvalue weighted by atomic mass is 16.4.